The van der Waals surface area contributed by atoms with Crippen molar-refractivity contribution in [1.82, 2.24) is 10.2 Å². The predicted molar refractivity (Wildman–Crippen MR) is 81.8 cm³/mol. The largest absolute Gasteiger partial charge is 0.496 e. The van der Waals surface area contributed by atoms with Gasteiger partial charge in [0.05, 0.1) is 25.9 Å². The van der Waals surface area contributed by atoms with Gasteiger partial charge in [-0.2, -0.15) is 0 Å². The highest BCUT2D eigenvalue weighted by molar-refractivity contribution is 5.16. The van der Waals surface area contributed by atoms with Crippen LogP contribution in [0.25, 0.3) is 0 Å². The summed E-state index contributed by atoms with van der Waals surface area (Å²) in [6, 6.07) is 0.285. The molecule has 0 spiro atoms. The Labute approximate surface area is 123 Å². The minimum absolute atomic E-state index is 0.0924. The summed E-state index contributed by atoms with van der Waals surface area (Å²) in [5.74, 6) is 1.15. The Bertz CT molecular complexity index is 326. The second kappa shape index (κ2) is 7.43. The summed E-state index contributed by atoms with van der Waals surface area (Å²) >= 11 is 0. The minimum atomic E-state index is 0.0924. The summed E-state index contributed by atoms with van der Waals surface area (Å²) in [6.45, 7) is 12.5. The molecule has 1 N–H and O–H groups in total. The molecule has 0 bridgehead atoms. The van der Waals surface area contributed by atoms with Gasteiger partial charge in [-0.15, -0.1) is 0 Å². The average Bonchev–Trinajstić information content (AvgIpc) is 3.02. The molecule has 2 unspecified atom stereocenters. The van der Waals surface area contributed by atoms with E-state index in [1.807, 2.05) is 0 Å². The van der Waals surface area contributed by atoms with Gasteiger partial charge in [-0.3, -0.25) is 4.90 Å². The molecule has 2 aliphatic heterocycles. The van der Waals surface area contributed by atoms with E-state index < -0.39 is 0 Å². The number of nitrogens with one attached hydrogen (secondary N) is 1. The van der Waals surface area contributed by atoms with E-state index in [4.69, 9.17) is 9.47 Å². The molecule has 0 saturated carbocycles. The van der Waals surface area contributed by atoms with Gasteiger partial charge in [0.1, 0.15) is 5.76 Å². The Balaban J connectivity index is 2.17. The lowest BCUT2D eigenvalue weighted by atomic mass is 9.85. The lowest BCUT2D eigenvalue weighted by molar-refractivity contribution is -0.0336. The van der Waals surface area contributed by atoms with Crippen LogP contribution in [-0.4, -0.2) is 55.9 Å². The molecule has 2 atom stereocenters. The Kier molecular flexibility index (Phi) is 5.87. The highest BCUT2D eigenvalue weighted by Crippen LogP contribution is 2.31. The van der Waals surface area contributed by atoms with Gasteiger partial charge in [0.25, 0.3) is 0 Å². The highest BCUT2D eigenvalue weighted by atomic mass is 16.5. The van der Waals surface area contributed by atoms with Crippen LogP contribution >= 0.6 is 0 Å². The van der Waals surface area contributed by atoms with Crippen LogP contribution in [0.4, 0.5) is 0 Å². The molecule has 116 valence electrons. The maximum absolute atomic E-state index is 5.89. The quantitative estimate of drug-likeness (QED) is 0.776. The van der Waals surface area contributed by atoms with Crippen LogP contribution in [0.5, 0.6) is 0 Å². The van der Waals surface area contributed by atoms with Gasteiger partial charge in [-0.25, -0.2) is 0 Å². The number of rotatable bonds is 7. The van der Waals surface area contributed by atoms with Gasteiger partial charge in [0, 0.05) is 25.0 Å². The van der Waals surface area contributed by atoms with Gasteiger partial charge in [0.15, 0.2) is 0 Å². The van der Waals surface area contributed by atoms with Crippen molar-refractivity contribution < 1.29 is 9.47 Å². The fourth-order valence-corrected chi connectivity index (χ4v) is 3.24. The standard InChI is InChI=1S/C16H30N2O2/c1-4-8-17-15(14-7-6-11-20-14)16(3,5-2)18-9-12-19-13-10-18/h7,15,17H,4-6,8-13H2,1-3H3. The van der Waals surface area contributed by atoms with E-state index in [2.05, 4.69) is 37.1 Å². The van der Waals surface area contributed by atoms with Gasteiger partial charge in [0.2, 0.25) is 0 Å². The van der Waals surface area contributed by atoms with Crippen molar-refractivity contribution in [2.75, 3.05) is 39.5 Å². The van der Waals surface area contributed by atoms with Crippen molar-refractivity contribution in [3.8, 4) is 0 Å². The Morgan fingerprint density at radius 3 is 2.60 bits per heavy atom. The molecule has 2 aliphatic rings. The zero-order chi connectivity index (χ0) is 14.4. The van der Waals surface area contributed by atoms with E-state index >= 15 is 0 Å². The maximum atomic E-state index is 5.89. The van der Waals surface area contributed by atoms with Crippen molar-refractivity contribution >= 4 is 0 Å². The molecule has 0 aromatic carbocycles. The zero-order valence-corrected chi connectivity index (χ0v) is 13.3. The summed E-state index contributed by atoms with van der Waals surface area (Å²) in [7, 11) is 0. The number of ether oxygens (including phenoxy) is 2. The van der Waals surface area contributed by atoms with Crippen LogP contribution in [0.2, 0.25) is 0 Å². The molecule has 0 amide bonds. The molecular formula is C16H30N2O2. The maximum Gasteiger partial charge on any atom is 0.111 e. The lowest BCUT2D eigenvalue weighted by Gasteiger charge is -2.48. The van der Waals surface area contributed by atoms with Crippen molar-refractivity contribution in [3.05, 3.63) is 11.8 Å². The zero-order valence-electron chi connectivity index (χ0n) is 13.3. The van der Waals surface area contributed by atoms with E-state index in [-0.39, 0.29) is 11.6 Å². The molecular weight excluding hydrogens is 252 g/mol. The van der Waals surface area contributed by atoms with Crippen LogP contribution in [0.3, 0.4) is 0 Å². The monoisotopic (exact) mass is 282 g/mol. The average molecular weight is 282 g/mol. The first-order valence-electron chi connectivity index (χ1n) is 8.11. The first-order chi connectivity index (χ1) is 9.72. The number of nitrogens with zero attached hydrogens (tertiary/aromatic N) is 1. The van der Waals surface area contributed by atoms with E-state index in [0.29, 0.717) is 0 Å². The van der Waals surface area contributed by atoms with E-state index in [9.17, 15) is 0 Å². The third-order valence-corrected chi connectivity index (χ3v) is 4.69. The predicted octanol–water partition coefficient (Wildman–Crippen LogP) is 2.16. The molecule has 0 aromatic rings. The van der Waals surface area contributed by atoms with Crippen LogP contribution in [0.15, 0.2) is 11.8 Å². The fraction of sp³-hybridized carbons (Fsp3) is 0.875. The van der Waals surface area contributed by atoms with Crippen LogP contribution in [-0.2, 0) is 9.47 Å². The first-order valence-corrected chi connectivity index (χ1v) is 8.11. The molecule has 1 saturated heterocycles. The van der Waals surface area contributed by atoms with Crippen molar-refractivity contribution in [2.24, 2.45) is 0 Å². The Morgan fingerprint density at radius 2 is 2.05 bits per heavy atom. The normalized spacial score (nSPS) is 24.9. The molecule has 4 heteroatoms. The SMILES string of the molecule is CCCNC(C1=CCCO1)C(C)(CC)N1CCOCC1. The van der Waals surface area contributed by atoms with Crippen molar-refractivity contribution in [2.45, 2.75) is 51.6 Å². The molecule has 2 rings (SSSR count). The topological polar surface area (TPSA) is 33.7 Å². The highest BCUT2D eigenvalue weighted by Gasteiger charge is 2.41. The number of hydrogen-bond acceptors (Lipinski definition) is 4. The molecule has 4 nitrogen and oxygen atoms in total. The first kappa shape index (κ1) is 15.8. The van der Waals surface area contributed by atoms with Gasteiger partial charge in [-0.1, -0.05) is 13.8 Å². The fourth-order valence-electron chi connectivity index (χ4n) is 3.24. The van der Waals surface area contributed by atoms with Gasteiger partial charge in [-0.05, 0) is 32.4 Å². The summed E-state index contributed by atoms with van der Waals surface area (Å²) < 4.78 is 11.4. The van der Waals surface area contributed by atoms with Gasteiger partial charge >= 0.3 is 0 Å². The summed E-state index contributed by atoms with van der Waals surface area (Å²) in [5, 5.41) is 3.72. The smallest absolute Gasteiger partial charge is 0.111 e. The van der Waals surface area contributed by atoms with E-state index in [1.165, 1.54) is 0 Å². The number of morpholine rings is 1. The third-order valence-electron chi connectivity index (χ3n) is 4.69. The van der Waals surface area contributed by atoms with E-state index in [0.717, 1.165) is 64.5 Å². The summed E-state index contributed by atoms with van der Waals surface area (Å²) in [5.41, 5.74) is 0.0924. The van der Waals surface area contributed by atoms with E-state index in [1.54, 1.807) is 0 Å². The minimum Gasteiger partial charge on any atom is -0.496 e. The molecule has 2 heterocycles. The van der Waals surface area contributed by atoms with Crippen molar-refractivity contribution in [3.63, 3.8) is 0 Å². The van der Waals surface area contributed by atoms with Crippen LogP contribution in [0, 0.1) is 0 Å². The molecule has 0 aromatic heterocycles. The lowest BCUT2D eigenvalue weighted by Crippen LogP contribution is -2.62. The molecule has 1 fully saturated rings. The Hall–Kier alpha value is -0.580. The Morgan fingerprint density at radius 1 is 1.30 bits per heavy atom. The summed E-state index contributed by atoms with van der Waals surface area (Å²) in [4.78, 5) is 2.58. The van der Waals surface area contributed by atoms with Crippen LogP contribution in [0.1, 0.15) is 40.0 Å². The molecule has 0 aliphatic carbocycles. The second-order valence-corrected chi connectivity index (χ2v) is 5.94. The third kappa shape index (κ3) is 3.35. The summed E-state index contributed by atoms with van der Waals surface area (Å²) in [6.07, 6.45) is 5.56. The molecule has 0 radical (unpaired) electrons. The van der Waals surface area contributed by atoms with Gasteiger partial charge < -0.3 is 14.8 Å². The van der Waals surface area contributed by atoms with Crippen molar-refractivity contribution in [1.29, 1.82) is 0 Å². The van der Waals surface area contributed by atoms with Crippen LogP contribution < -0.4 is 5.32 Å². The second-order valence-electron chi connectivity index (χ2n) is 5.94. The number of hydrogen-bond donors (Lipinski definition) is 1. The molecule has 20 heavy (non-hydrogen) atoms.